The van der Waals surface area contributed by atoms with Gasteiger partial charge < -0.3 is 9.88 Å². The molecule has 1 amide bonds. The third kappa shape index (κ3) is 3.96. The van der Waals surface area contributed by atoms with E-state index in [-0.39, 0.29) is 23.5 Å². The van der Waals surface area contributed by atoms with Crippen LogP contribution in [0.25, 0.3) is 10.9 Å². The van der Waals surface area contributed by atoms with Crippen LogP contribution in [0, 0.1) is 12.7 Å². The molecule has 30 heavy (non-hydrogen) atoms. The van der Waals surface area contributed by atoms with E-state index in [0.717, 1.165) is 5.56 Å². The standard InChI is InChI=1S/C23H19FN4O2/c1-15-18(22(29)26-13-17-6-2-3-7-20(17)24)11-19-21(27-15)8-10-28(23(19)30)14-16-5-4-9-25-12-16/h2-12H,13-14H2,1H3,(H,26,29). The summed E-state index contributed by atoms with van der Waals surface area (Å²) in [4.78, 5) is 34.1. The molecule has 1 N–H and O–H groups in total. The van der Waals surface area contributed by atoms with Crippen LogP contribution in [0.1, 0.15) is 27.2 Å². The number of hydrogen-bond acceptors (Lipinski definition) is 4. The average molecular weight is 402 g/mol. The van der Waals surface area contributed by atoms with Gasteiger partial charge in [0.15, 0.2) is 0 Å². The number of carbonyl (C=O) groups is 1. The number of nitrogens with zero attached hydrogens (tertiary/aromatic N) is 3. The summed E-state index contributed by atoms with van der Waals surface area (Å²) in [7, 11) is 0. The van der Waals surface area contributed by atoms with Crippen molar-refractivity contribution in [2.75, 3.05) is 0 Å². The van der Waals surface area contributed by atoms with E-state index in [0.29, 0.717) is 28.7 Å². The predicted molar refractivity (Wildman–Crippen MR) is 112 cm³/mol. The topological polar surface area (TPSA) is 76.9 Å². The second-order valence-electron chi connectivity index (χ2n) is 6.94. The zero-order chi connectivity index (χ0) is 21.1. The normalized spacial score (nSPS) is 10.9. The van der Waals surface area contributed by atoms with Crippen molar-refractivity contribution in [2.45, 2.75) is 20.0 Å². The first-order valence-electron chi connectivity index (χ1n) is 9.44. The molecule has 0 radical (unpaired) electrons. The average Bonchev–Trinajstić information content (AvgIpc) is 2.75. The van der Waals surface area contributed by atoms with Crippen molar-refractivity contribution in [3.63, 3.8) is 0 Å². The van der Waals surface area contributed by atoms with Crippen LogP contribution in [0.3, 0.4) is 0 Å². The number of aromatic nitrogens is 3. The van der Waals surface area contributed by atoms with Gasteiger partial charge in [-0.05, 0) is 36.8 Å². The maximum Gasteiger partial charge on any atom is 0.260 e. The van der Waals surface area contributed by atoms with Crippen LogP contribution in [0.15, 0.2) is 71.9 Å². The summed E-state index contributed by atoms with van der Waals surface area (Å²) in [5.74, 6) is -0.795. The van der Waals surface area contributed by atoms with Gasteiger partial charge in [0.25, 0.3) is 11.5 Å². The Morgan fingerprint density at radius 2 is 2.00 bits per heavy atom. The molecule has 7 heteroatoms. The van der Waals surface area contributed by atoms with E-state index in [1.807, 2.05) is 12.1 Å². The molecule has 4 rings (SSSR count). The maximum atomic E-state index is 13.8. The number of benzene rings is 1. The number of pyridine rings is 3. The predicted octanol–water partition coefficient (Wildman–Crippen LogP) is 3.22. The highest BCUT2D eigenvalue weighted by Gasteiger charge is 2.15. The van der Waals surface area contributed by atoms with E-state index < -0.39 is 5.91 Å². The van der Waals surface area contributed by atoms with Crippen molar-refractivity contribution in [1.82, 2.24) is 19.9 Å². The van der Waals surface area contributed by atoms with E-state index in [1.165, 1.54) is 6.07 Å². The number of halogens is 1. The van der Waals surface area contributed by atoms with Crippen molar-refractivity contribution in [3.8, 4) is 0 Å². The van der Waals surface area contributed by atoms with Gasteiger partial charge in [-0.3, -0.25) is 19.6 Å². The Balaban J connectivity index is 1.64. The fourth-order valence-corrected chi connectivity index (χ4v) is 3.26. The summed E-state index contributed by atoms with van der Waals surface area (Å²) in [5.41, 5.74) is 2.34. The zero-order valence-corrected chi connectivity index (χ0v) is 16.3. The summed E-state index contributed by atoms with van der Waals surface area (Å²) < 4.78 is 15.3. The minimum absolute atomic E-state index is 0.0447. The molecule has 0 saturated heterocycles. The first-order chi connectivity index (χ1) is 14.5. The number of rotatable bonds is 5. The highest BCUT2D eigenvalue weighted by Crippen LogP contribution is 2.15. The van der Waals surface area contributed by atoms with Crippen LogP contribution in [0.5, 0.6) is 0 Å². The molecule has 0 aliphatic heterocycles. The van der Waals surface area contributed by atoms with E-state index >= 15 is 0 Å². The molecule has 1 aromatic carbocycles. The fraction of sp³-hybridized carbons (Fsp3) is 0.130. The molecular formula is C23H19FN4O2. The first kappa shape index (κ1) is 19.4. The number of nitrogens with one attached hydrogen (secondary N) is 1. The molecule has 0 atom stereocenters. The van der Waals surface area contributed by atoms with Crippen LogP contribution >= 0.6 is 0 Å². The molecule has 0 fully saturated rings. The Kier molecular flexibility index (Phi) is 5.34. The van der Waals surface area contributed by atoms with Gasteiger partial charge in [-0.2, -0.15) is 0 Å². The number of aryl methyl sites for hydroxylation is 1. The molecule has 0 bridgehead atoms. The molecule has 0 aliphatic carbocycles. The van der Waals surface area contributed by atoms with Gasteiger partial charge in [0.1, 0.15) is 5.82 Å². The molecule has 4 aromatic rings. The van der Waals surface area contributed by atoms with Crippen molar-refractivity contribution in [2.24, 2.45) is 0 Å². The highest BCUT2D eigenvalue weighted by atomic mass is 19.1. The lowest BCUT2D eigenvalue weighted by Crippen LogP contribution is -2.26. The Bertz CT molecular complexity index is 1290. The molecule has 0 spiro atoms. The SMILES string of the molecule is Cc1nc2ccn(Cc3cccnc3)c(=O)c2cc1C(=O)NCc1ccccc1F. The molecule has 0 unspecified atom stereocenters. The Labute approximate surface area is 172 Å². The van der Waals surface area contributed by atoms with Gasteiger partial charge in [-0.15, -0.1) is 0 Å². The minimum Gasteiger partial charge on any atom is -0.348 e. The smallest absolute Gasteiger partial charge is 0.260 e. The highest BCUT2D eigenvalue weighted by molar-refractivity contribution is 5.98. The summed E-state index contributed by atoms with van der Waals surface area (Å²) in [6.45, 7) is 2.12. The maximum absolute atomic E-state index is 13.8. The van der Waals surface area contributed by atoms with Gasteiger partial charge in [-0.1, -0.05) is 24.3 Å². The van der Waals surface area contributed by atoms with E-state index in [4.69, 9.17) is 0 Å². The summed E-state index contributed by atoms with van der Waals surface area (Å²) in [6, 6.07) is 13.3. The largest absolute Gasteiger partial charge is 0.348 e. The van der Waals surface area contributed by atoms with E-state index in [2.05, 4.69) is 15.3 Å². The second kappa shape index (κ2) is 8.24. The van der Waals surface area contributed by atoms with E-state index in [1.54, 1.807) is 60.4 Å². The number of hydrogen-bond donors (Lipinski definition) is 1. The quantitative estimate of drug-likeness (QED) is 0.556. The number of carbonyl (C=O) groups excluding carboxylic acids is 1. The Morgan fingerprint density at radius 1 is 1.17 bits per heavy atom. The van der Waals surface area contributed by atoms with Crippen LogP contribution < -0.4 is 10.9 Å². The number of amides is 1. The summed E-state index contributed by atoms with van der Waals surface area (Å²) >= 11 is 0. The van der Waals surface area contributed by atoms with Gasteiger partial charge in [0, 0.05) is 30.7 Å². The van der Waals surface area contributed by atoms with Gasteiger partial charge >= 0.3 is 0 Å². The van der Waals surface area contributed by atoms with E-state index in [9.17, 15) is 14.0 Å². The fourth-order valence-electron chi connectivity index (χ4n) is 3.26. The molecule has 3 heterocycles. The van der Waals surface area contributed by atoms with Crippen LogP contribution in [-0.2, 0) is 13.1 Å². The molecule has 150 valence electrons. The monoisotopic (exact) mass is 402 g/mol. The van der Waals surface area contributed by atoms with Gasteiger partial charge in [-0.25, -0.2) is 4.39 Å². The Hall–Kier alpha value is -3.87. The lowest BCUT2D eigenvalue weighted by molar-refractivity contribution is 0.0949. The summed E-state index contributed by atoms with van der Waals surface area (Å²) in [6.07, 6.45) is 5.05. The lowest BCUT2D eigenvalue weighted by atomic mass is 10.1. The Morgan fingerprint density at radius 3 is 2.77 bits per heavy atom. The van der Waals surface area contributed by atoms with Gasteiger partial charge in [0.05, 0.1) is 28.7 Å². The van der Waals surface area contributed by atoms with Crippen LogP contribution in [0.4, 0.5) is 4.39 Å². The van der Waals surface area contributed by atoms with Crippen molar-refractivity contribution in [3.05, 3.63) is 106 Å². The summed E-state index contributed by atoms with van der Waals surface area (Å²) in [5, 5.41) is 3.05. The first-order valence-corrected chi connectivity index (χ1v) is 9.44. The number of fused-ring (bicyclic) bond motifs is 1. The minimum atomic E-state index is -0.410. The van der Waals surface area contributed by atoms with Crippen molar-refractivity contribution in [1.29, 1.82) is 0 Å². The lowest BCUT2D eigenvalue weighted by Gasteiger charge is -2.11. The van der Waals surface area contributed by atoms with Crippen molar-refractivity contribution >= 4 is 16.8 Å². The van der Waals surface area contributed by atoms with Crippen LogP contribution in [-0.4, -0.2) is 20.4 Å². The molecule has 6 nitrogen and oxygen atoms in total. The zero-order valence-electron chi connectivity index (χ0n) is 16.3. The third-order valence-corrected chi connectivity index (χ3v) is 4.86. The molecule has 0 saturated carbocycles. The second-order valence-corrected chi connectivity index (χ2v) is 6.94. The van der Waals surface area contributed by atoms with Crippen molar-refractivity contribution < 1.29 is 9.18 Å². The molecular weight excluding hydrogens is 383 g/mol. The molecule has 0 aliphatic rings. The molecule has 3 aromatic heterocycles. The van der Waals surface area contributed by atoms with Crippen LogP contribution in [0.2, 0.25) is 0 Å². The van der Waals surface area contributed by atoms with Gasteiger partial charge in [0.2, 0.25) is 0 Å². The third-order valence-electron chi connectivity index (χ3n) is 4.86.